The lowest BCUT2D eigenvalue weighted by Crippen LogP contribution is -2.37. The minimum absolute atomic E-state index is 0.0534. The largest absolute Gasteiger partial charge is 0.457 e. The predicted octanol–water partition coefficient (Wildman–Crippen LogP) is 5.27. The molecule has 1 aliphatic heterocycles. The quantitative estimate of drug-likeness (QED) is 0.236. The van der Waals surface area contributed by atoms with Crippen molar-refractivity contribution >= 4 is 28.5 Å². The van der Waals surface area contributed by atoms with Crippen LogP contribution in [0.2, 0.25) is 0 Å². The first-order chi connectivity index (χ1) is 20.5. The van der Waals surface area contributed by atoms with Gasteiger partial charge in [0.05, 0.1) is 42.0 Å². The SMILES string of the molecule is Cn1c(Nc2cc(-c3ccncc3)ccc2F)nc2cc(Oc3ccnc(CC(=O)CN4CCC[C@H]4CO)c3)ccc21. The third-order valence-electron chi connectivity index (χ3n) is 7.57. The summed E-state index contributed by atoms with van der Waals surface area (Å²) in [6, 6.07) is 17.8. The molecule has 0 spiro atoms. The fourth-order valence-electron chi connectivity index (χ4n) is 5.37. The Morgan fingerprint density at radius 2 is 1.88 bits per heavy atom. The molecule has 10 heteroatoms. The molecule has 1 saturated heterocycles. The first-order valence-electron chi connectivity index (χ1n) is 13.9. The zero-order valence-electron chi connectivity index (χ0n) is 23.2. The lowest BCUT2D eigenvalue weighted by atomic mass is 10.1. The van der Waals surface area contributed by atoms with Crippen LogP contribution in [0, 0.1) is 5.82 Å². The van der Waals surface area contributed by atoms with Gasteiger partial charge in [-0.2, -0.15) is 0 Å². The van der Waals surface area contributed by atoms with E-state index in [0.717, 1.165) is 36.0 Å². The van der Waals surface area contributed by atoms with Crippen molar-refractivity contribution < 1.29 is 19.0 Å². The van der Waals surface area contributed by atoms with Crippen molar-refractivity contribution in [1.82, 2.24) is 24.4 Å². The molecule has 0 saturated carbocycles. The second kappa shape index (κ2) is 12.1. The predicted molar refractivity (Wildman–Crippen MR) is 158 cm³/mol. The van der Waals surface area contributed by atoms with Gasteiger partial charge >= 0.3 is 0 Å². The number of halogens is 1. The van der Waals surface area contributed by atoms with E-state index in [1.54, 1.807) is 42.9 Å². The Labute approximate surface area is 242 Å². The third kappa shape index (κ3) is 6.00. The van der Waals surface area contributed by atoms with Crippen molar-refractivity contribution in [2.24, 2.45) is 7.05 Å². The maximum absolute atomic E-state index is 14.7. The summed E-state index contributed by atoms with van der Waals surface area (Å²) < 4.78 is 22.7. The number of aryl methyl sites for hydroxylation is 1. The molecular weight excluding hydrogens is 535 g/mol. The molecule has 3 aromatic heterocycles. The summed E-state index contributed by atoms with van der Waals surface area (Å²) in [6.07, 6.45) is 7.13. The van der Waals surface area contributed by atoms with Gasteiger partial charge in [-0.25, -0.2) is 9.37 Å². The summed E-state index contributed by atoms with van der Waals surface area (Å²) in [5.41, 5.74) is 4.26. The van der Waals surface area contributed by atoms with Crippen molar-refractivity contribution in [3.05, 3.63) is 90.8 Å². The molecule has 2 aromatic carbocycles. The van der Waals surface area contributed by atoms with Crippen LogP contribution in [0.3, 0.4) is 0 Å². The number of ketones is 1. The van der Waals surface area contributed by atoms with E-state index in [-0.39, 0.29) is 30.7 Å². The average molecular weight is 567 g/mol. The van der Waals surface area contributed by atoms with Crippen LogP contribution < -0.4 is 10.1 Å². The van der Waals surface area contributed by atoms with Gasteiger partial charge in [-0.05, 0) is 73.0 Å². The number of aliphatic hydroxyl groups excluding tert-OH is 1. The number of carbonyl (C=O) groups is 1. The summed E-state index contributed by atoms with van der Waals surface area (Å²) in [6.45, 7) is 1.21. The van der Waals surface area contributed by atoms with Crippen LogP contribution in [-0.2, 0) is 18.3 Å². The number of likely N-dealkylation sites (tertiary alicyclic amines) is 1. The van der Waals surface area contributed by atoms with E-state index in [0.29, 0.717) is 40.9 Å². The number of aromatic nitrogens is 4. The van der Waals surface area contributed by atoms with Crippen molar-refractivity contribution in [3.8, 4) is 22.6 Å². The molecule has 1 aliphatic rings. The van der Waals surface area contributed by atoms with Crippen LogP contribution in [0.1, 0.15) is 18.5 Å². The van der Waals surface area contributed by atoms with Gasteiger partial charge in [-0.15, -0.1) is 0 Å². The van der Waals surface area contributed by atoms with Gasteiger partial charge in [-0.1, -0.05) is 6.07 Å². The second-order valence-corrected chi connectivity index (χ2v) is 10.4. The number of hydrogen-bond acceptors (Lipinski definition) is 8. The van der Waals surface area contributed by atoms with Crippen molar-refractivity contribution in [3.63, 3.8) is 0 Å². The highest BCUT2D eigenvalue weighted by Crippen LogP contribution is 2.30. The number of anilines is 2. The fraction of sp³-hybridized carbons (Fsp3) is 0.250. The second-order valence-electron chi connectivity index (χ2n) is 10.4. The molecule has 9 nitrogen and oxygen atoms in total. The Balaban J connectivity index is 1.16. The standard InChI is InChI=1S/C32H31FN6O3/c1-38-31-7-5-26(42-27-10-13-35-23(17-27)16-25(41)19-39-14-2-3-24(39)20-40)18-30(31)37-32(38)36-29-15-22(4-6-28(29)33)21-8-11-34-12-9-21/h4-13,15,17-18,24,40H,2-3,14,16,19-20H2,1H3,(H,36,37)/t24-/m0/s1. The summed E-state index contributed by atoms with van der Waals surface area (Å²) in [5.74, 6) is 1.29. The number of rotatable bonds is 10. The Morgan fingerprint density at radius 1 is 1.05 bits per heavy atom. The number of pyridine rings is 2. The van der Waals surface area contributed by atoms with Crippen LogP contribution in [0.4, 0.5) is 16.0 Å². The van der Waals surface area contributed by atoms with Crippen LogP contribution >= 0.6 is 0 Å². The van der Waals surface area contributed by atoms with E-state index in [4.69, 9.17) is 4.74 Å². The van der Waals surface area contributed by atoms with E-state index in [1.807, 2.05) is 46.8 Å². The number of nitrogens with one attached hydrogen (secondary N) is 1. The van der Waals surface area contributed by atoms with Gasteiger partial charge < -0.3 is 19.7 Å². The van der Waals surface area contributed by atoms with Gasteiger partial charge in [0.2, 0.25) is 5.95 Å². The van der Waals surface area contributed by atoms with Crippen LogP contribution in [0.15, 0.2) is 79.3 Å². The number of nitrogens with zero attached hydrogens (tertiary/aromatic N) is 5. The highest BCUT2D eigenvalue weighted by Gasteiger charge is 2.25. The molecule has 0 aliphatic carbocycles. The molecule has 42 heavy (non-hydrogen) atoms. The number of Topliss-reactive ketones (excluding diaryl/α,β-unsaturated/α-hetero) is 1. The van der Waals surface area contributed by atoms with Gasteiger partial charge in [0.25, 0.3) is 0 Å². The molecule has 1 atom stereocenters. The fourth-order valence-corrected chi connectivity index (χ4v) is 5.37. The van der Waals surface area contributed by atoms with Crippen molar-refractivity contribution in [2.75, 3.05) is 25.0 Å². The Morgan fingerprint density at radius 3 is 2.71 bits per heavy atom. The molecule has 2 N–H and O–H groups in total. The highest BCUT2D eigenvalue weighted by molar-refractivity contribution is 5.83. The van der Waals surface area contributed by atoms with Crippen molar-refractivity contribution in [1.29, 1.82) is 0 Å². The molecule has 6 rings (SSSR count). The molecule has 5 aromatic rings. The van der Waals surface area contributed by atoms with Gasteiger partial charge in [0.1, 0.15) is 17.3 Å². The van der Waals surface area contributed by atoms with Crippen molar-refractivity contribution in [2.45, 2.75) is 25.3 Å². The first kappa shape index (κ1) is 27.5. The summed E-state index contributed by atoms with van der Waals surface area (Å²) in [4.78, 5) is 27.8. The van der Waals surface area contributed by atoms with Gasteiger partial charge in [-0.3, -0.25) is 19.7 Å². The summed E-state index contributed by atoms with van der Waals surface area (Å²) in [5, 5.41) is 12.6. The van der Waals surface area contributed by atoms with E-state index < -0.39 is 0 Å². The Bertz CT molecular complexity index is 1720. The molecule has 214 valence electrons. The highest BCUT2D eigenvalue weighted by atomic mass is 19.1. The lowest BCUT2D eigenvalue weighted by molar-refractivity contribution is -0.120. The minimum atomic E-state index is -0.385. The Kier molecular flexibility index (Phi) is 7.89. The van der Waals surface area contributed by atoms with Gasteiger partial charge in [0.15, 0.2) is 5.78 Å². The maximum atomic E-state index is 14.7. The first-order valence-corrected chi connectivity index (χ1v) is 13.9. The number of benzene rings is 2. The topological polar surface area (TPSA) is 105 Å². The molecule has 0 bridgehead atoms. The summed E-state index contributed by atoms with van der Waals surface area (Å²) >= 11 is 0. The average Bonchev–Trinajstić information content (AvgIpc) is 3.57. The lowest BCUT2D eigenvalue weighted by Gasteiger charge is -2.21. The van der Waals surface area contributed by atoms with E-state index in [2.05, 4.69) is 20.3 Å². The zero-order valence-corrected chi connectivity index (χ0v) is 23.2. The van der Waals surface area contributed by atoms with E-state index in [9.17, 15) is 14.3 Å². The number of fused-ring (bicyclic) bond motifs is 1. The molecule has 0 amide bonds. The number of aliphatic hydroxyl groups is 1. The molecule has 0 unspecified atom stereocenters. The van der Waals surface area contributed by atoms with Crippen LogP contribution in [0.25, 0.3) is 22.2 Å². The third-order valence-corrected chi connectivity index (χ3v) is 7.57. The minimum Gasteiger partial charge on any atom is -0.457 e. The van der Waals surface area contributed by atoms with E-state index in [1.165, 1.54) is 6.07 Å². The summed E-state index contributed by atoms with van der Waals surface area (Å²) in [7, 11) is 1.86. The molecular formula is C32H31FN6O3. The number of carbonyl (C=O) groups excluding carboxylic acids is 1. The zero-order chi connectivity index (χ0) is 29.1. The number of ether oxygens (including phenoxy) is 1. The molecule has 4 heterocycles. The smallest absolute Gasteiger partial charge is 0.208 e. The molecule has 0 radical (unpaired) electrons. The maximum Gasteiger partial charge on any atom is 0.208 e. The Hall–Kier alpha value is -4.67. The van der Waals surface area contributed by atoms with Crippen LogP contribution in [-0.4, -0.2) is 61.0 Å². The van der Waals surface area contributed by atoms with Gasteiger partial charge in [0, 0.05) is 43.8 Å². The monoisotopic (exact) mass is 566 g/mol. The van der Waals surface area contributed by atoms with Crippen LogP contribution in [0.5, 0.6) is 11.5 Å². The number of imidazole rings is 1. The van der Waals surface area contributed by atoms with E-state index >= 15 is 0 Å². The molecule has 1 fully saturated rings. The normalized spacial score (nSPS) is 15.3. The number of hydrogen-bond donors (Lipinski definition) is 2.